The van der Waals surface area contributed by atoms with Crippen LogP contribution >= 0.6 is 27.5 Å². The Hall–Kier alpha value is -1.26. The van der Waals surface area contributed by atoms with Crippen LogP contribution in [0.15, 0.2) is 21.5 Å². The fraction of sp³-hybridized carbons (Fsp3) is 0.125. The van der Waals surface area contributed by atoms with E-state index in [1.54, 1.807) is 13.0 Å². The number of hydrogen-bond donors (Lipinski definition) is 2. The molecule has 10 heteroatoms. The van der Waals surface area contributed by atoms with E-state index in [9.17, 15) is 8.42 Å². The number of hydrogen-bond acceptors (Lipinski definition) is 7. The lowest BCUT2D eigenvalue weighted by atomic mass is 10.2. The van der Waals surface area contributed by atoms with Crippen LogP contribution in [-0.4, -0.2) is 23.2 Å². The highest BCUT2D eigenvalue weighted by Crippen LogP contribution is 2.27. The van der Waals surface area contributed by atoms with Crippen molar-refractivity contribution in [2.24, 2.45) is 0 Å². The second-order valence-corrected chi connectivity index (χ2v) is 6.65. The Bertz CT molecular complexity index is 671. The van der Waals surface area contributed by atoms with Crippen LogP contribution in [0.3, 0.4) is 0 Å². The summed E-state index contributed by atoms with van der Waals surface area (Å²) >= 11 is 4.09. The Morgan fingerprint density at radius 2 is 2.17 bits per heavy atom. The van der Waals surface area contributed by atoms with E-state index in [1.807, 2.05) is 0 Å². The van der Waals surface area contributed by atoms with Crippen molar-refractivity contribution < 1.29 is 8.42 Å². The summed E-state index contributed by atoms with van der Waals surface area (Å²) < 4.78 is 30.6. The number of nitrogen functional groups attached to an aromatic ring is 1. The van der Waals surface area contributed by atoms with Crippen LogP contribution in [0.5, 0.6) is 0 Å². The Labute approximate surface area is 116 Å². The van der Waals surface area contributed by atoms with E-state index in [0.29, 0.717) is 15.7 Å². The quantitative estimate of drug-likeness (QED) is 0.810. The predicted octanol–water partition coefficient (Wildman–Crippen LogP) is 1.39. The maximum atomic E-state index is 12.1. The molecule has 0 fully saturated rings. The number of sulfonamides is 1. The molecular weight excluding hydrogens is 342 g/mol. The van der Waals surface area contributed by atoms with Crippen molar-refractivity contribution in [3.63, 3.8) is 0 Å². The van der Waals surface area contributed by atoms with Gasteiger partial charge < -0.3 is 5.73 Å². The first kappa shape index (κ1) is 13.2. The number of anilines is 2. The number of aryl methyl sites for hydroxylation is 1. The fourth-order valence-electron chi connectivity index (χ4n) is 1.30. The Balaban J connectivity index is 2.44. The molecule has 0 amide bonds. The van der Waals surface area contributed by atoms with E-state index in [1.165, 1.54) is 6.07 Å². The average molecular weight is 350 g/mol. The summed E-state index contributed by atoms with van der Waals surface area (Å²) in [5.74, 6) is 0. The molecule has 1 aromatic carbocycles. The molecule has 0 saturated heterocycles. The van der Waals surface area contributed by atoms with Crippen LogP contribution in [0, 0.1) is 6.92 Å². The SMILES string of the molecule is Cc1cc(Br)c(N)cc1S(=O)(=O)Nc1nnns1. The molecule has 0 aliphatic carbocycles. The molecule has 3 N–H and O–H groups in total. The Kier molecular flexibility index (Phi) is 3.50. The van der Waals surface area contributed by atoms with Gasteiger partial charge in [0.2, 0.25) is 5.13 Å². The molecule has 0 aliphatic heterocycles. The molecule has 0 unspecified atom stereocenters. The van der Waals surface area contributed by atoms with Gasteiger partial charge in [0.05, 0.1) is 4.90 Å². The van der Waals surface area contributed by atoms with Crippen LogP contribution in [0.4, 0.5) is 10.8 Å². The van der Waals surface area contributed by atoms with E-state index in [0.717, 1.165) is 11.5 Å². The van der Waals surface area contributed by atoms with Crippen molar-refractivity contribution >= 4 is 48.3 Å². The third kappa shape index (κ3) is 2.60. The zero-order chi connectivity index (χ0) is 13.3. The second-order valence-electron chi connectivity index (χ2n) is 3.41. The summed E-state index contributed by atoms with van der Waals surface area (Å²) in [7, 11) is -3.74. The topological polar surface area (TPSA) is 111 Å². The zero-order valence-corrected chi connectivity index (χ0v) is 12.3. The summed E-state index contributed by atoms with van der Waals surface area (Å²) in [6.07, 6.45) is 0. The van der Waals surface area contributed by atoms with E-state index >= 15 is 0 Å². The molecule has 1 aromatic heterocycles. The minimum Gasteiger partial charge on any atom is -0.398 e. The average Bonchev–Trinajstić information content (AvgIpc) is 2.75. The molecule has 7 nitrogen and oxygen atoms in total. The molecule has 2 rings (SSSR count). The summed E-state index contributed by atoms with van der Waals surface area (Å²) in [6, 6.07) is 3.03. The maximum Gasteiger partial charge on any atom is 0.264 e. The van der Waals surface area contributed by atoms with Gasteiger partial charge in [0.15, 0.2) is 0 Å². The molecule has 0 spiro atoms. The summed E-state index contributed by atoms with van der Waals surface area (Å²) in [5.41, 5.74) is 6.60. The minimum atomic E-state index is -3.74. The van der Waals surface area contributed by atoms with Gasteiger partial charge in [0.25, 0.3) is 10.0 Å². The molecule has 2 aromatic rings. The lowest BCUT2D eigenvalue weighted by Gasteiger charge is -2.09. The first-order chi connectivity index (χ1) is 8.40. The molecule has 0 radical (unpaired) electrons. The zero-order valence-electron chi connectivity index (χ0n) is 9.08. The predicted molar refractivity (Wildman–Crippen MR) is 71.8 cm³/mol. The number of aromatic nitrogens is 3. The number of rotatable bonds is 3. The molecule has 1 heterocycles. The smallest absolute Gasteiger partial charge is 0.264 e. The van der Waals surface area contributed by atoms with Gasteiger partial charge in [-0.2, -0.15) is 0 Å². The van der Waals surface area contributed by atoms with Crippen molar-refractivity contribution in [1.29, 1.82) is 0 Å². The van der Waals surface area contributed by atoms with E-state index in [-0.39, 0.29) is 10.0 Å². The summed E-state index contributed by atoms with van der Waals surface area (Å²) in [4.78, 5) is 0.0957. The summed E-state index contributed by atoms with van der Waals surface area (Å²) in [6.45, 7) is 1.68. The number of nitrogens with two attached hydrogens (primary N) is 1. The number of nitrogens with one attached hydrogen (secondary N) is 1. The molecule has 18 heavy (non-hydrogen) atoms. The normalized spacial score (nSPS) is 11.4. The van der Waals surface area contributed by atoms with Gasteiger partial charge in [-0.3, -0.25) is 4.72 Å². The van der Waals surface area contributed by atoms with Crippen LogP contribution in [0.1, 0.15) is 5.56 Å². The van der Waals surface area contributed by atoms with Crippen molar-refractivity contribution in [3.8, 4) is 0 Å². The highest BCUT2D eigenvalue weighted by Gasteiger charge is 2.20. The van der Waals surface area contributed by atoms with Crippen LogP contribution in [0.25, 0.3) is 0 Å². The van der Waals surface area contributed by atoms with Crippen molar-refractivity contribution in [3.05, 3.63) is 22.2 Å². The fourth-order valence-corrected chi connectivity index (χ4v) is 3.61. The third-order valence-electron chi connectivity index (χ3n) is 2.10. The van der Waals surface area contributed by atoms with Crippen molar-refractivity contribution in [1.82, 2.24) is 14.8 Å². The molecular formula is C8H8BrN5O2S2. The lowest BCUT2D eigenvalue weighted by molar-refractivity contribution is 0.600. The van der Waals surface area contributed by atoms with Gasteiger partial charge in [-0.15, -0.1) is 0 Å². The molecule has 0 atom stereocenters. The monoisotopic (exact) mass is 349 g/mol. The maximum absolute atomic E-state index is 12.1. The van der Waals surface area contributed by atoms with Gasteiger partial charge in [-0.1, -0.05) is 9.59 Å². The molecule has 0 aliphatic rings. The van der Waals surface area contributed by atoms with Gasteiger partial charge in [0, 0.05) is 21.7 Å². The van der Waals surface area contributed by atoms with Crippen molar-refractivity contribution in [2.75, 3.05) is 10.5 Å². The molecule has 0 bridgehead atoms. The summed E-state index contributed by atoms with van der Waals surface area (Å²) in [5, 5.41) is 6.94. The number of halogens is 1. The van der Waals surface area contributed by atoms with Crippen LogP contribution in [-0.2, 0) is 10.0 Å². The van der Waals surface area contributed by atoms with Gasteiger partial charge in [0.1, 0.15) is 0 Å². The van der Waals surface area contributed by atoms with Crippen LogP contribution < -0.4 is 10.5 Å². The van der Waals surface area contributed by atoms with Gasteiger partial charge >= 0.3 is 0 Å². The minimum absolute atomic E-state index is 0.0957. The van der Waals surface area contributed by atoms with E-state index in [2.05, 4.69) is 35.5 Å². The van der Waals surface area contributed by atoms with Gasteiger partial charge in [-0.25, -0.2) is 8.42 Å². The number of nitrogens with zero attached hydrogens (tertiary/aromatic N) is 3. The van der Waals surface area contributed by atoms with E-state index < -0.39 is 10.0 Å². The van der Waals surface area contributed by atoms with E-state index in [4.69, 9.17) is 5.73 Å². The first-order valence-corrected chi connectivity index (χ1v) is 7.68. The Morgan fingerprint density at radius 3 is 2.78 bits per heavy atom. The lowest BCUT2D eigenvalue weighted by Crippen LogP contribution is -2.14. The Morgan fingerprint density at radius 1 is 1.44 bits per heavy atom. The van der Waals surface area contributed by atoms with Crippen LogP contribution in [0.2, 0.25) is 0 Å². The third-order valence-corrected chi connectivity index (χ3v) is 4.91. The molecule has 0 saturated carbocycles. The molecule has 96 valence electrons. The number of benzene rings is 1. The largest absolute Gasteiger partial charge is 0.398 e. The standard InChI is InChI=1S/C8H8BrN5O2S2/c1-4-2-5(9)6(10)3-7(4)18(15,16)12-8-11-13-14-17-8/h2-3H,10H2,1H3,(H,11,12,14). The van der Waals surface area contributed by atoms with Gasteiger partial charge in [-0.05, 0) is 45.8 Å². The second kappa shape index (κ2) is 4.78. The highest BCUT2D eigenvalue weighted by molar-refractivity contribution is 9.10. The highest BCUT2D eigenvalue weighted by atomic mass is 79.9. The van der Waals surface area contributed by atoms with Crippen molar-refractivity contribution in [2.45, 2.75) is 11.8 Å². The first-order valence-electron chi connectivity index (χ1n) is 4.63.